The Morgan fingerprint density at radius 3 is 2.78 bits per heavy atom. The molecule has 0 saturated carbocycles. The van der Waals surface area contributed by atoms with Gasteiger partial charge < -0.3 is 15.0 Å². The van der Waals surface area contributed by atoms with Gasteiger partial charge in [0, 0.05) is 24.7 Å². The fourth-order valence-electron chi connectivity index (χ4n) is 2.86. The molecule has 0 unspecified atom stereocenters. The second kappa shape index (κ2) is 7.15. The molecule has 0 saturated heterocycles. The number of esters is 1. The SMILES string of the molecule is CNc1ncc(Cl)c(-c2ccc3c(c2)C(=O)N(CC(=O)OC(C)(C)C)C3)n1. The fraction of sp³-hybridized carbons (Fsp3) is 0.368. The summed E-state index contributed by atoms with van der Waals surface area (Å²) in [6, 6.07) is 5.46. The van der Waals surface area contributed by atoms with E-state index in [0.29, 0.717) is 34.3 Å². The molecule has 1 aliphatic rings. The van der Waals surface area contributed by atoms with E-state index in [1.165, 1.54) is 11.1 Å². The molecule has 1 aromatic heterocycles. The van der Waals surface area contributed by atoms with Crippen LogP contribution >= 0.6 is 11.6 Å². The van der Waals surface area contributed by atoms with Crippen LogP contribution in [0.4, 0.5) is 5.95 Å². The van der Waals surface area contributed by atoms with E-state index in [1.54, 1.807) is 33.9 Å². The highest BCUT2D eigenvalue weighted by molar-refractivity contribution is 6.33. The number of carbonyl (C=O) groups is 2. The van der Waals surface area contributed by atoms with E-state index in [4.69, 9.17) is 16.3 Å². The summed E-state index contributed by atoms with van der Waals surface area (Å²) < 4.78 is 5.31. The number of nitrogens with zero attached hydrogens (tertiary/aromatic N) is 3. The van der Waals surface area contributed by atoms with Crippen molar-refractivity contribution in [2.45, 2.75) is 32.9 Å². The third-order valence-electron chi connectivity index (χ3n) is 3.97. The van der Waals surface area contributed by atoms with Crippen molar-refractivity contribution in [1.29, 1.82) is 0 Å². The van der Waals surface area contributed by atoms with Gasteiger partial charge in [-0.1, -0.05) is 23.7 Å². The molecule has 0 atom stereocenters. The first-order valence-electron chi connectivity index (χ1n) is 8.52. The molecular weight excluding hydrogens is 368 g/mol. The molecule has 0 fully saturated rings. The number of anilines is 1. The van der Waals surface area contributed by atoms with Gasteiger partial charge in [0.05, 0.1) is 16.9 Å². The Morgan fingerprint density at radius 1 is 1.37 bits per heavy atom. The molecule has 0 aliphatic carbocycles. The highest BCUT2D eigenvalue weighted by Gasteiger charge is 2.30. The van der Waals surface area contributed by atoms with Gasteiger partial charge in [-0.3, -0.25) is 9.59 Å². The molecule has 1 amide bonds. The standard InChI is InChI=1S/C19H21ClN4O3/c1-19(2,3)27-15(25)10-24-9-12-6-5-11(7-13(12)17(24)26)16-14(20)8-22-18(21-4)23-16/h5-8H,9-10H2,1-4H3,(H,21,22,23). The van der Waals surface area contributed by atoms with Crippen LogP contribution in [0.1, 0.15) is 36.7 Å². The lowest BCUT2D eigenvalue weighted by Gasteiger charge is -2.22. The molecule has 2 aromatic rings. The second-order valence-corrected chi connectivity index (χ2v) is 7.67. The smallest absolute Gasteiger partial charge is 0.326 e. The first-order chi connectivity index (χ1) is 12.7. The molecule has 142 valence electrons. The maximum absolute atomic E-state index is 12.7. The topological polar surface area (TPSA) is 84.4 Å². The molecule has 3 rings (SSSR count). The van der Waals surface area contributed by atoms with Crippen molar-refractivity contribution in [1.82, 2.24) is 14.9 Å². The minimum atomic E-state index is -0.589. The van der Waals surface area contributed by atoms with Crippen LogP contribution in [0.3, 0.4) is 0 Å². The molecule has 1 aliphatic heterocycles. The lowest BCUT2D eigenvalue weighted by atomic mass is 10.0. The molecule has 0 radical (unpaired) electrons. The van der Waals surface area contributed by atoms with Gasteiger partial charge in [-0.2, -0.15) is 0 Å². The van der Waals surface area contributed by atoms with Crippen LogP contribution in [-0.4, -0.2) is 45.9 Å². The first kappa shape index (κ1) is 19.1. The molecule has 0 bridgehead atoms. The molecule has 0 spiro atoms. The first-order valence-corrected chi connectivity index (χ1v) is 8.90. The van der Waals surface area contributed by atoms with Crippen LogP contribution in [0.5, 0.6) is 0 Å². The van der Waals surface area contributed by atoms with Gasteiger partial charge in [-0.25, -0.2) is 9.97 Å². The average molecular weight is 389 g/mol. The van der Waals surface area contributed by atoms with Crippen LogP contribution in [0.15, 0.2) is 24.4 Å². The molecule has 1 N–H and O–H groups in total. The summed E-state index contributed by atoms with van der Waals surface area (Å²) in [6.07, 6.45) is 1.51. The maximum Gasteiger partial charge on any atom is 0.326 e. The lowest BCUT2D eigenvalue weighted by molar-refractivity contribution is -0.155. The summed E-state index contributed by atoms with van der Waals surface area (Å²) in [7, 11) is 1.72. The number of halogens is 1. The Balaban J connectivity index is 1.84. The Kier molecular flexibility index (Phi) is 5.06. The van der Waals surface area contributed by atoms with Crippen molar-refractivity contribution >= 4 is 29.4 Å². The Bertz CT molecular complexity index is 908. The van der Waals surface area contributed by atoms with E-state index in [1.807, 2.05) is 12.1 Å². The average Bonchev–Trinajstić information content (AvgIpc) is 2.89. The minimum Gasteiger partial charge on any atom is -0.459 e. The van der Waals surface area contributed by atoms with Gasteiger partial charge in [0.2, 0.25) is 5.95 Å². The van der Waals surface area contributed by atoms with E-state index >= 15 is 0 Å². The van der Waals surface area contributed by atoms with Gasteiger partial charge in [0.15, 0.2) is 0 Å². The van der Waals surface area contributed by atoms with Gasteiger partial charge >= 0.3 is 5.97 Å². The monoisotopic (exact) mass is 388 g/mol. The van der Waals surface area contributed by atoms with Crippen molar-refractivity contribution in [2.75, 3.05) is 18.9 Å². The van der Waals surface area contributed by atoms with Gasteiger partial charge in [-0.05, 0) is 32.4 Å². The number of rotatable bonds is 4. The number of amides is 1. The number of hydrogen-bond donors (Lipinski definition) is 1. The van der Waals surface area contributed by atoms with Crippen molar-refractivity contribution in [3.05, 3.63) is 40.5 Å². The van der Waals surface area contributed by atoms with Crippen LogP contribution in [0.25, 0.3) is 11.3 Å². The zero-order valence-electron chi connectivity index (χ0n) is 15.7. The van der Waals surface area contributed by atoms with E-state index < -0.39 is 11.6 Å². The molecule has 2 heterocycles. The number of fused-ring (bicyclic) bond motifs is 1. The maximum atomic E-state index is 12.7. The summed E-state index contributed by atoms with van der Waals surface area (Å²) in [5.41, 5.74) is 2.06. The van der Waals surface area contributed by atoms with Crippen LogP contribution in [-0.2, 0) is 16.1 Å². The summed E-state index contributed by atoms with van der Waals surface area (Å²) in [6.45, 7) is 5.67. The van der Waals surface area contributed by atoms with Crippen LogP contribution in [0.2, 0.25) is 5.02 Å². The highest BCUT2D eigenvalue weighted by atomic mass is 35.5. The second-order valence-electron chi connectivity index (χ2n) is 7.26. The molecule has 7 nitrogen and oxygen atoms in total. The fourth-order valence-corrected chi connectivity index (χ4v) is 3.06. The quantitative estimate of drug-likeness (QED) is 0.810. The Labute approximate surface area is 162 Å². The summed E-state index contributed by atoms with van der Waals surface area (Å²) in [5.74, 6) is -0.203. The van der Waals surface area contributed by atoms with E-state index in [0.717, 1.165) is 5.56 Å². The van der Waals surface area contributed by atoms with Crippen molar-refractivity contribution in [3.8, 4) is 11.3 Å². The number of aromatic nitrogens is 2. The molecule has 8 heteroatoms. The minimum absolute atomic E-state index is 0.0850. The third kappa shape index (κ3) is 4.19. The highest BCUT2D eigenvalue weighted by Crippen LogP contribution is 2.31. The molecule has 1 aromatic carbocycles. The summed E-state index contributed by atoms with van der Waals surface area (Å²) in [4.78, 5) is 34.7. The van der Waals surface area contributed by atoms with Crippen molar-refractivity contribution in [2.24, 2.45) is 0 Å². The zero-order chi connectivity index (χ0) is 19.8. The summed E-state index contributed by atoms with van der Waals surface area (Å²) in [5, 5.41) is 3.26. The third-order valence-corrected chi connectivity index (χ3v) is 4.25. The number of carbonyl (C=O) groups excluding carboxylic acids is 2. The number of nitrogens with one attached hydrogen (secondary N) is 1. The van der Waals surface area contributed by atoms with Crippen molar-refractivity contribution in [3.63, 3.8) is 0 Å². The zero-order valence-corrected chi connectivity index (χ0v) is 16.4. The molecular formula is C19H21ClN4O3. The van der Waals surface area contributed by atoms with E-state index in [2.05, 4.69) is 15.3 Å². The Morgan fingerprint density at radius 2 is 2.11 bits per heavy atom. The van der Waals surface area contributed by atoms with Gasteiger partial charge in [0.1, 0.15) is 12.1 Å². The van der Waals surface area contributed by atoms with E-state index in [-0.39, 0.29) is 12.5 Å². The largest absolute Gasteiger partial charge is 0.459 e. The molecule has 27 heavy (non-hydrogen) atoms. The Hall–Kier alpha value is -2.67. The lowest BCUT2D eigenvalue weighted by Crippen LogP contribution is -2.35. The predicted octanol–water partition coefficient (Wildman–Crippen LogP) is 3.14. The number of benzene rings is 1. The van der Waals surface area contributed by atoms with Crippen LogP contribution in [0, 0.1) is 0 Å². The van der Waals surface area contributed by atoms with E-state index in [9.17, 15) is 9.59 Å². The van der Waals surface area contributed by atoms with Gasteiger partial charge in [-0.15, -0.1) is 0 Å². The van der Waals surface area contributed by atoms with Crippen LogP contribution < -0.4 is 5.32 Å². The number of hydrogen-bond acceptors (Lipinski definition) is 6. The van der Waals surface area contributed by atoms with Gasteiger partial charge in [0.25, 0.3) is 5.91 Å². The normalized spacial score (nSPS) is 13.5. The number of ether oxygens (including phenoxy) is 1. The summed E-state index contributed by atoms with van der Waals surface area (Å²) >= 11 is 6.22. The van der Waals surface area contributed by atoms with Crippen molar-refractivity contribution < 1.29 is 14.3 Å². The predicted molar refractivity (Wildman–Crippen MR) is 103 cm³/mol.